The van der Waals surface area contributed by atoms with E-state index in [4.69, 9.17) is 5.11 Å². The molecule has 0 unspecified atom stereocenters. The Hall–Kier alpha value is -1.04. The zero-order valence-electron chi connectivity index (χ0n) is 7.31. The number of carboxylic acid groups (broad SMARTS) is 1. The molecule has 0 bridgehead atoms. The number of rotatable bonds is 3. The average Bonchev–Trinajstić information content (AvgIpc) is 2.09. The largest absolute Gasteiger partial charge is 0.477 e. The van der Waals surface area contributed by atoms with Crippen LogP contribution in [-0.2, 0) is 11.2 Å². The minimum Gasteiger partial charge on any atom is -0.477 e. The van der Waals surface area contributed by atoms with Gasteiger partial charge in [0, 0.05) is 4.47 Å². The molecular formula is C9H6BrF3O2. The molecule has 0 fully saturated rings. The maximum absolute atomic E-state index is 13.1. The average molecular weight is 283 g/mol. The predicted molar refractivity (Wildman–Crippen MR) is 50.4 cm³/mol. The van der Waals surface area contributed by atoms with E-state index in [2.05, 4.69) is 15.9 Å². The molecule has 1 N–H and O–H groups in total. The summed E-state index contributed by atoms with van der Waals surface area (Å²) < 4.78 is 39.0. The molecule has 82 valence electrons. The fourth-order valence-corrected chi connectivity index (χ4v) is 1.31. The van der Waals surface area contributed by atoms with Gasteiger partial charge in [0.25, 0.3) is 0 Å². The zero-order chi connectivity index (χ0) is 11.6. The molecule has 0 aromatic heterocycles. The van der Waals surface area contributed by atoms with Crippen LogP contribution < -0.4 is 0 Å². The fourth-order valence-electron chi connectivity index (χ4n) is 0.980. The topological polar surface area (TPSA) is 37.3 Å². The third kappa shape index (κ3) is 2.95. The van der Waals surface area contributed by atoms with Crippen molar-refractivity contribution in [2.75, 3.05) is 0 Å². The number of aliphatic carboxylic acids is 1. The van der Waals surface area contributed by atoms with Crippen LogP contribution in [0.1, 0.15) is 5.56 Å². The molecule has 0 heterocycles. The highest BCUT2D eigenvalue weighted by Gasteiger charge is 2.39. The van der Waals surface area contributed by atoms with Gasteiger partial charge in [0.1, 0.15) is 5.82 Å². The highest BCUT2D eigenvalue weighted by molar-refractivity contribution is 9.10. The Balaban J connectivity index is 2.95. The summed E-state index contributed by atoms with van der Waals surface area (Å²) in [5.74, 6) is -7.07. The lowest BCUT2D eigenvalue weighted by molar-refractivity contribution is -0.164. The molecule has 6 heteroatoms. The first kappa shape index (κ1) is 12.0. The molecule has 0 aliphatic heterocycles. The van der Waals surface area contributed by atoms with Gasteiger partial charge in [0.05, 0.1) is 6.42 Å². The highest BCUT2D eigenvalue weighted by atomic mass is 79.9. The van der Waals surface area contributed by atoms with Crippen LogP contribution in [0.4, 0.5) is 13.2 Å². The van der Waals surface area contributed by atoms with Crippen molar-refractivity contribution in [1.29, 1.82) is 0 Å². The number of carboxylic acids is 1. The Kier molecular flexibility index (Phi) is 3.38. The summed E-state index contributed by atoms with van der Waals surface area (Å²) in [5.41, 5.74) is -0.328. The molecular weight excluding hydrogens is 277 g/mol. The van der Waals surface area contributed by atoms with Crippen LogP contribution in [0.25, 0.3) is 0 Å². The normalized spacial score (nSPS) is 11.5. The van der Waals surface area contributed by atoms with Crippen LogP contribution in [0.2, 0.25) is 0 Å². The van der Waals surface area contributed by atoms with E-state index in [-0.39, 0.29) is 5.56 Å². The van der Waals surface area contributed by atoms with Gasteiger partial charge in [-0.3, -0.25) is 0 Å². The standard InChI is InChI=1S/C9H6BrF3O2/c10-6-2-1-5(7(11)3-6)4-9(12,13)8(14)15/h1-3H,4H2,(H,14,15). The van der Waals surface area contributed by atoms with Crippen molar-refractivity contribution in [3.05, 3.63) is 34.1 Å². The summed E-state index contributed by atoms with van der Waals surface area (Å²) in [6.45, 7) is 0. The van der Waals surface area contributed by atoms with Crippen molar-refractivity contribution in [3.8, 4) is 0 Å². The third-order valence-electron chi connectivity index (χ3n) is 1.74. The number of carbonyl (C=O) groups is 1. The van der Waals surface area contributed by atoms with Crippen molar-refractivity contribution < 1.29 is 23.1 Å². The van der Waals surface area contributed by atoms with Gasteiger partial charge >= 0.3 is 11.9 Å². The number of halogens is 4. The summed E-state index contributed by atoms with van der Waals surface area (Å²) in [5, 5.41) is 8.17. The van der Waals surface area contributed by atoms with Crippen molar-refractivity contribution in [3.63, 3.8) is 0 Å². The molecule has 0 aliphatic carbocycles. The molecule has 15 heavy (non-hydrogen) atoms. The van der Waals surface area contributed by atoms with Crippen molar-refractivity contribution >= 4 is 21.9 Å². The molecule has 0 saturated carbocycles. The second kappa shape index (κ2) is 4.22. The van der Waals surface area contributed by atoms with E-state index in [0.29, 0.717) is 4.47 Å². The Morgan fingerprint density at radius 2 is 2.07 bits per heavy atom. The second-order valence-corrected chi connectivity index (χ2v) is 3.84. The number of hydrogen-bond donors (Lipinski definition) is 1. The van der Waals surface area contributed by atoms with Gasteiger partial charge in [-0.05, 0) is 17.7 Å². The van der Waals surface area contributed by atoms with Gasteiger partial charge < -0.3 is 5.11 Å². The van der Waals surface area contributed by atoms with Crippen LogP contribution in [0.15, 0.2) is 22.7 Å². The summed E-state index contributed by atoms with van der Waals surface area (Å²) >= 11 is 2.96. The van der Waals surface area contributed by atoms with Crippen LogP contribution in [0, 0.1) is 5.82 Å². The van der Waals surface area contributed by atoms with Gasteiger partial charge in [-0.2, -0.15) is 8.78 Å². The maximum atomic E-state index is 13.1. The van der Waals surface area contributed by atoms with Gasteiger partial charge in [-0.1, -0.05) is 22.0 Å². The smallest absolute Gasteiger partial charge is 0.374 e. The third-order valence-corrected chi connectivity index (χ3v) is 2.23. The van der Waals surface area contributed by atoms with Crippen LogP contribution >= 0.6 is 15.9 Å². The molecule has 0 aliphatic rings. The monoisotopic (exact) mass is 282 g/mol. The van der Waals surface area contributed by atoms with E-state index in [1.54, 1.807) is 0 Å². The lowest BCUT2D eigenvalue weighted by Gasteiger charge is -2.11. The van der Waals surface area contributed by atoms with E-state index in [0.717, 1.165) is 12.1 Å². The van der Waals surface area contributed by atoms with Gasteiger partial charge in [-0.25, -0.2) is 9.18 Å². The van der Waals surface area contributed by atoms with Crippen LogP contribution in [-0.4, -0.2) is 17.0 Å². The van der Waals surface area contributed by atoms with Gasteiger partial charge in [0.2, 0.25) is 0 Å². The number of benzene rings is 1. The molecule has 1 rings (SSSR count). The minimum atomic E-state index is -3.95. The fraction of sp³-hybridized carbons (Fsp3) is 0.222. The molecule has 0 spiro atoms. The molecule has 0 radical (unpaired) electrons. The summed E-state index contributed by atoms with van der Waals surface area (Å²) in [6, 6.07) is 3.50. The molecule has 0 amide bonds. The molecule has 0 atom stereocenters. The second-order valence-electron chi connectivity index (χ2n) is 2.92. The Labute approximate surface area is 91.8 Å². The predicted octanol–water partition coefficient (Wildman–Crippen LogP) is 2.85. The quantitative estimate of drug-likeness (QED) is 0.926. The summed E-state index contributed by atoms with van der Waals surface area (Å²) in [7, 11) is 0. The van der Waals surface area contributed by atoms with E-state index in [1.807, 2.05) is 0 Å². The van der Waals surface area contributed by atoms with Crippen molar-refractivity contribution in [1.82, 2.24) is 0 Å². The van der Waals surface area contributed by atoms with Crippen LogP contribution in [0.3, 0.4) is 0 Å². The lowest BCUT2D eigenvalue weighted by atomic mass is 10.1. The Bertz CT molecular complexity index is 393. The van der Waals surface area contributed by atoms with Crippen molar-refractivity contribution in [2.24, 2.45) is 0 Å². The highest BCUT2D eigenvalue weighted by Crippen LogP contribution is 2.23. The van der Waals surface area contributed by atoms with Crippen molar-refractivity contribution in [2.45, 2.75) is 12.3 Å². The van der Waals surface area contributed by atoms with E-state index >= 15 is 0 Å². The van der Waals surface area contributed by atoms with Gasteiger partial charge in [0.15, 0.2) is 0 Å². The Morgan fingerprint density at radius 1 is 1.47 bits per heavy atom. The van der Waals surface area contributed by atoms with E-state index in [9.17, 15) is 18.0 Å². The molecule has 1 aromatic carbocycles. The molecule has 2 nitrogen and oxygen atoms in total. The first-order chi connectivity index (χ1) is 6.83. The zero-order valence-corrected chi connectivity index (χ0v) is 8.89. The first-order valence-corrected chi connectivity index (χ1v) is 4.67. The molecule has 0 saturated heterocycles. The maximum Gasteiger partial charge on any atom is 0.374 e. The number of hydrogen-bond acceptors (Lipinski definition) is 1. The van der Waals surface area contributed by atoms with Gasteiger partial charge in [-0.15, -0.1) is 0 Å². The van der Waals surface area contributed by atoms with E-state index in [1.165, 1.54) is 6.07 Å². The lowest BCUT2D eigenvalue weighted by Crippen LogP contribution is -2.31. The summed E-state index contributed by atoms with van der Waals surface area (Å²) in [4.78, 5) is 10.1. The van der Waals surface area contributed by atoms with E-state index < -0.39 is 24.1 Å². The molecule has 1 aromatic rings. The minimum absolute atomic E-state index is 0.328. The first-order valence-electron chi connectivity index (χ1n) is 3.88. The SMILES string of the molecule is O=C(O)C(F)(F)Cc1ccc(Br)cc1F. The summed E-state index contributed by atoms with van der Waals surface area (Å²) in [6.07, 6.45) is -1.15. The number of alkyl halides is 2. The van der Waals surface area contributed by atoms with Crippen LogP contribution in [0.5, 0.6) is 0 Å². The Morgan fingerprint density at radius 3 is 2.53 bits per heavy atom.